The maximum atomic E-state index is 12.6. The topological polar surface area (TPSA) is 43.3 Å². The number of amides is 1. The second-order valence-electron chi connectivity index (χ2n) is 8.90. The summed E-state index contributed by atoms with van der Waals surface area (Å²) in [4.78, 5) is 12.6. The number of aromatic nitrogens is 1. The molecular formula is C29H28N2O2. The Morgan fingerprint density at radius 3 is 2.67 bits per heavy atom. The van der Waals surface area contributed by atoms with Gasteiger partial charge >= 0.3 is 0 Å². The monoisotopic (exact) mass is 436 g/mol. The number of fused-ring (bicyclic) bond motifs is 2. The molecule has 0 radical (unpaired) electrons. The SMILES string of the molecule is Cc1ccc(C(C)C)c(OCCn2cc(C=C3C(=O)Nc4ccccc43)c3ccccc32)c1. The van der Waals surface area contributed by atoms with Crippen molar-refractivity contribution in [3.63, 3.8) is 0 Å². The molecule has 2 heterocycles. The smallest absolute Gasteiger partial charge is 0.256 e. The molecule has 4 aromatic rings. The zero-order valence-electron chi connectivity index (χ0n) is 19.3. The van der Waals surface area contributed by atoms with Crippen LogP contribution in [-0.4, -0.2) is 17.1 Å². The predicted molar refractivity (Wildman–Crippen MR) is 136 cm³/mol. The highest BCUT2D eigenvalue weighted by Gasteiger charge is 2.24. The van der Waals surface area contributed by atoms with Crippen molar-refractivity contribution in [3.05, 3.63) is 95.2 Å². The number of para-hydroxylation sites is 2. The van der Waals surface area contributed by atoms with E-state index in [1.54, 1.807) is 0 Å². The van der Waals surface area contributed by atoms with Crippen LogP contribution in [0.2, 0.25) is 0 Å². The van der Waals surface area contributed by atoms with Crippen molar-refractivity contribution in [2.75, 3.05) is 11.9 Å². The van der Waals surface area contributed by atoms with Crippen LogP contribution >= 0.6 is 0 Å². The lowest BCUT2D eigenvalue weighted by Crippen LogP contribution is -2.09. The van der Waals surface area contributed by atoms with E-state index in [9.17, 15) is 4.79 Å². The van der Waals surface area contributed by atoms with E-state index >= 15 is 0 Å². The van der Waals surface area contributed by atoms with Crippen LogP contribution in [0.1, 0.15) is 42.0 Å². The second-order valence-corrected chi connectivity index (χ2v) is 8.90. The molecule has 1 aromatic heterocycles. The van der Waals surface area contributed by atoms with E-state index in [1.807, 2.05) is 42.5 Å². The molecular weight excluding hydrogens is 408 g/mol. The molecule has 1 aliphatic rings. The number of nitrogens with zero attached hydrogens (tertiary/aromatic N) is 1. The molecule has 33 heavy (non-hydrogen) atoms. The van der Waals surface area contributed by atoms with Crippen molar-refractivity contribution in [3.8, 4) is 5.75 Å². The quantitative estimate of drug-likeness (QED) is 0.344. The molecule has 0 bridgehead atoms. The summed E-state index contributed by atoms with van der Waals surface area (Å²) in [5.41, 5.74) is 7.11. The molecule has 0 atom stereocenters. The molecule has 0 aliphatic carbocycles. The summed E-state index contributed by atoms with van der Waals surface area (Å²) in [7, 11) is 0. The Kier molecular flexibility index (Phi) is 5.51. The first kappa shape index (κ1) is 21.1. The number of rotatable bonds is 6. The standard InChI is InChI=1S/C29H28N2O2/c1-19(2)22-13-12-20(3)16-28(22)33-15-14-31-18-21(23-8-5-7-11-27(23)31)17-25-24-9-4-6-10-26(24)30-29(25)32/h4-13,16-19H,14-15H2,1-3H3,(H,30,32). The first-order valence-corrected chi connectivity index (χ1v) is 11.4. The Morgan fingerprint density at radius 1 is 1.03 bits per heavy atom. The van der Waals surface area contributed by atoms with Gasteiger partial charge in [-0.05, 0) is 48.2 Å². The first-order chi connectivity index (χ1) is 16.0. The maximum absolute atomic E-state index is 12.6. The lowest BCUT2D eigenvalue weighted by Gasteiger charge is -2.15. The van der Waals surface area contributed by atoms with Gasteiger partial charge in [-0.2, -0.15) is 0 Å². The first-order valence-electron chi connectivity index (χ1n) is 11.4. The van der Waals surface area contributed by atoms with Crippen molar-refractivity contribution in [1.29, 1.82) is 0 Å². The van der Waals surface area contributed by atoms with E-state index < -0.39 is 0 Å². The van der Waals surface area contributed by atoms with Crippen molar-refractivity contribution in [2.24, 2.45) is 0 Å². The molecule has 4 nitrogen and oxygen atoms in total. The molecule has 1 aliphatic heterocycles. The molecule has 4 heteroatoms. The van der Waals surface area contributed by atoms with Crippen molar-refractivity contribution in [2.45, 2.75) is 33.2 Å². The van der Waals surface area contributed by atoms with Crippen LogP contribution in [0.25, 0.3) is 22.6 Å². The third-order valence-corrected chi connectivity index (χ3v) is 6.21. The van der Waals surface area contributed by atoms with Gasteiger partial charge in [0.25, 0.3) is 5.91 Å². The van der Waals surface area contributed by atoms with E-state index in [-0.39, 0.29) is 5.91 Å². The van der Waals surface area contributed by atoms with Crippen LogP contribution in [0, 0.1) is 6.92 Å². The van der Waals surface area contributed by atoms with Crippen LogP contribution < -0.4 is 10.1 Å². The van der Waals surface area contributed by atoms with Gasteiger partial charge < -0.3 is 14.6 Å². The number of benzene rings is 3. The summed E-state index contributed by atoms with van der Waals surface area (Å²) >= 11 is 0. The molecule has 1 amide bonds. The van der Waals surface area contributed by atoms with E-state index in [2.05, 4.69) is 67.2 Å². The second kappa shape index (κ2) is 8.62. The number of hydrogen-bond donors (Lipinski definition) is 1. The van der Waals surface area contributed by atoms with Gasteiger partial charge in [-0.3, -0.25) is 4.79 Å². The van der Waals surface area contributed by atoms with E-state index in [0.717, 1.165) is 40.0 Å². The molecule has 166 valence electrons. The van der Waals surface area contributed by atoms with Crippen molar-refractivity contribution in [1.82, 2.24) is 4.57 Å². The number of ether oxygens (including phenoxy) is 1. The average Bonchev–Trinajstić information content (AvgIpc) is 3.31. The third kappa shape index (κ3) is 4.05. The van der Waals surface area contributed by atoms with Crippen LogP contribution in [0.15, 0.2) is 72.9 Å². The molecule has 0 saturated heterocycles. The summed E-state index contributed by atoms with van der Waals surface area (Å²) < 4.78 is 8.45. The minimum atomic E-state index is -0.0583. The Labute approximate surface area is 194 Å². The molecule has 3 aromatic carbocycles. The molecule has 5 rings (SSSR count). The summed E-state index contributed by atoms with van der Waals surface area (Å²) in [5, 5.41) is 4.09. The molecule has 1 N–H and O–H groups in total. The minimum absolute atomic E-state index is 0.0583. The highest BCUT2D eigenvalue weighted by Crippen LogP contribution is 2.34. The molecule has 0 spiro atoms. The Balaban J connectivity index is 1.44. The predicted octanol–water partition coefficient (Wildman–Crippen LogP) is 6.64. The van der Waals surface area contributed by atoms with Crippen LogP contribution in [0.3, 0.4) is 0 Å². The zero-order valence-corrected chi connectivity index (χ0v) is 19.3. The fraction of sp³-hybridized carbons (Fsp3) is 0.207. The Hall–Kier alpha value is -3.79. The lowest BCUT2D eigenvalue weighted by atomic mass is 10.0. The van der Waals surface area contributed by atoms with Gasteiger partial charge in [-0.25, -0.2) is 0 Å². The fourth-order valence-electron chi connectivity index (χ4n) is 4.51. The maximum Gasteiger partial charge on any atom is 0.256 e. The van der Waals surface area contributed by atoms with E-state index in [1.165, 1.54) is 11.1 Å². The van der Waals surface area contributed by atoms with Crippen molar-refractivity contribution >= 4 is 34.1 Å². The normalized spacial score (nSPS) is 14.2. The molecule has 0 saturated carbocycles. The lowest BCUT2D eigenvalue weighted by molar-refractivity contribution is -0.110. The number of carbonyl (C=O) groups excluding carboxylic acids is 1. The summed E-state index contributed by atoms with van der Waals surface area (Å²) in [6.07, 6.45) is 4.12. The Morgan fingerprint density at radius 2 is 1.82 bits per heavy atom. The van der Waals surface area contributed by atoms with Gasteiger partial charge in [0.2, 0.25) is 0 Å². The Bertz CT molecular complexity index is 1380. The molecule has 0 unspecified atom stereocenters. The number of hydrogen-bond acceptors (Lipinski definition) is 2. The summed E-state index contributed by atoms with van der Waals surface area (Å²) in [6.45, 7) is 7.76. The largest absolute Gasteiger partial charge is 0.491 e. The number of aryl methyl sites for hydroxylation is 1. The van der Waals surface area contributed by atoms with Crippen molar-refractivity contribution < 1.29 is 9.53 Å². The zero-order chi connectivity index (χ0) is 22.9. The van der Waals surface area contributed by atoms with Gasteiger partial charge in [-0.1, -0.05) is 62.4 Å². The van der Waals surface area contributed by atoms with Gasteiger partial charge in [0, 0.05) is 39.5 Å². The average molecular weight is 437 g/mol. The van der Waals surface area contributed by atoms with E-state index in [0.29, 0.717) is 18.1 Å². The summed E-state index contributed by atoms with van der Waals surface area (Å²) in [6, 6.07) is 22.6. The van der Waals surface area contributed by atoms with Gasteiger partial charge in [-0.15, -0.1) is 0 Å². The highest BCUT2D eigenvalue weighted by atomic mass is 16.5. The van der Waals surface area contributed by atoms with Gasteiger partial charge in [0.05, 0.1) is 6.54 Å². The number of nitrogens with one attached hydrogen (secondary N) is 1. The van der Waals surface area contributed by atoms with Gasteiger partial charge in [0.15, 0.2) is 0 Å². The summed E-state index contributed by atoms with van der Waals surface area (Å²) in [5.74, 6) is 1.31. The highest BCUT2D eigenvalue weighted by molar-refractivity contribution is 6.35. The minimum Gasteiger partial charge on any atom is -0.491 e. The van der Waals surface area contributed by atoms with E-state index in [4.69, 9.17) is 4.74 Å². The van der Waals surface area contributed by atoms with Gasteiger partial charge in [0.1, 0.15) is 12.4 Å². The number of anilines is 1. The van der Waals surface area contributed by atoms with Crippen LogP contribution in [0.4, 0.5) is 5.69 Å². The molecule has 0 fully saturated rings. The fourth-order valence-corrected chi connectivity index (χ4v) is 4.51. The third-order valence-electron chi connectivity index (χ3n) is 6.21. The number of carbonyl (C=O) groups is 1. The van der Waals surface area contributed by atoms with Crippen LogP contribution in [0.5, 0.6) is 5.75 Å². The van der Waals surface area contributed by atoms with Crippen LogP contribution in [-0.2, 0) is 11.3 Å².